The Bertz CT molecular complexity index is 655. The summed E-state index contributed by atoms with van der Waals surface area (Å²) < 4.78 is 5.07. The van der Waals surface area contributed by atoms with Gasteiger partial charge in [0.25, 0.3) is 0 Å². The monoisotopic (exact) mass is 278 g/mol. The summed E-state index contributed by atoms with van der Waals surface area (Å²) >= 11 is 0. The van der Waals surface area contributed by atoms with E-state index in [1.54, 1.807) is 31.4 Å². The number of carbonyl (C=O) groups excluding carboxylic acids is 1. The first-order chi connectivity index (χ1) is 10.2. The molecule has 0 saturated heterocycles. The molecule has 2 aromatic rings. The van der Waals surface area contributed by atoms with E-state index in [-0.39, 0.29) is 5.78 Å². The minimum absolute atomic E-state index is 0.107. The Kier molecular flexibility index (Phi) is 5.17. The number of rotatable bonds is 4. The van der Waals surface area contributed by atoms with Crippen molar-refractivity contribution >= 4 is 5.78 Å². The maximum atomic E-state index is 12.0. The molecular formula is C19H18O2. The zero-order valence-electron chi connectivity index (χ0n) is 12.3. The van der Waals surface area contributed by atoms with Crippen LogP contribution in [0.2, 0.25) is 0 Å². The highest BCUT2D eigenvalue weighted by Gasteiger charge is 2.04. The van der Waals surface area contributed by atoms with Crippen molar-refractivity contribution < 1.29 is 9.53 Å². The van der Waals surface area contributed by atoms with Crippen molar-refractivity contribution in [2.24, 2.45) is 0 Å². The molecule has 106 valence electrons. The molecule has 0 atom stereocenters. The first-order valence-corrected chi connectivity index (χ1v) is 6.92. The normalized spacial score (nSPS) is 9.62. The predicted molar refractivity (Wildman–Crippen MR) is 84.6 cm³/mol. The third-order valence-corrected chi connectivity index (χ3v) is 3.17. The van der Waals surface area contributed by atoms with Crippen LogP contribution < -0.4 is 4.74 Å². The van der Waals surface area contributed by atoms with Crippen LogP contribution in [0.1, 0.15) is 34.3 Å². The molecule has 0 spiro atoms. The van der Waals surface area contributed by atoms with Gasteiger partial charge in [0.2, 0.25) is 0 Å². The van der Waals surface area contributed by atoms with Crippen LogP contribution in [0.4, 0.5) is 0 Å². The molecule has 0 radical (unpaired) electrons. The van der Waals surface area contributed by atoms with E-state index in [9.17, 15) is 4.79 Å². The van der Waals surface area contributed by atoms with Gasteiger partial charge in [0.05, 0.1) is 7.11 Å². The van der Waals surface area contributed by atoms with Crippen molar-refractivity contribution in [1.29, 1.82) is 0 Å². The van der Waals surface area contributed by atoms with Crippen LogP contribution in [0.25, 0.3) is 0 Å². The highest BCUT2D eigenvalue weighted by Crippen LogP contribution is 2.13. The topological polar surface area (TPSA) is 26.3 Å². The SMILES string of the molecule is COc1ccc(C(=O)CCC#Cc2ccc(C)cc2)cc1. The number of hydrogen-bond acceptors (Lipinski definition) is 2. The zero-order valence-corrected chi connectivity index (χ0v) is 12.3. The van der Waals surface area contributed by atoms with E-state index in [0.29, 0.717) is 18.4 Å². The molecule has 0 fully saturated rings. The Morgan fingerprint density at radius 1 is 1.05 bits per heavy atom. The van der Waals surface area contributed by atoms with E-state index < -0.39 is 0 Å². The molecule has 0 aliphatic heterocycles. The summed E-state index contributed by atoms with van der Waals surface area (Å²) in [6.07, 6.45) is 1.00. The van der Waals surface area contributed by atoms with E-state index in [1.165, 1.54) is 5.56 Å². The van der Waals surface area contributed by atoms with Gasteiger partial charge >= 0.3 is 0 Å². The van der Waals surface area contributed by atoms with E-state index >= 15 is 0 Å². The average molecular weight is 278 g/mol. The second kappa shape index (κ2) is 7.31. The maximum Gasteiger partial charge on any atom is 0.163 e. The average Bonchev–Trinajstić information content (AvgIpc) is 2.53. The number of Topliss-reactive ketones (excluding diaryl/α,β-unsaturated/α-hetero) is 1. The fourth-order valence-electron chi connectivity index (χ4n) is 1.90. The fourth-order valence-corrected chi connectivity index (χ4v) is 1.90. The van der Waals surface area contributed by atoms with Gasteiger partial charge in [0, 0.05) is 24.0 Å². The van der Waals surface area contributed by atoms with Crippen molar-refractivity contribution in [2.75, 3.05) is 7.11 Å². The lowest BCUT2D eigenvalue weighted by Gasteiger charge is -2.01. The lowest BCUT2D eigenvalue weighted by Crippen LogP contribution is -1.98. The first-order valence-electron chi connectivity index (χ1n) is 6.92. The van der Waals surface area contributed by atoms with Crippen LogP contribution in [0, 0.1) is 18.8 Å². The van der Waals surface area contributed by atoms with Crippen molar-refractivity contribution in [3.63, 3.8) is 0 Å². The van der Waals surface area contributed by atoms with Gasteiger partial charge in [0.1, 0.15) is 5.75 Å². The highest BCUT2D eigenvalue weighted by atomic mass is 16.5. The molecule has 2 rings (SSSR count). The van der Waals surface area contributed by atoms with E-state index in [0.717, 1.165) is 11.3 Å². The van der Waals surface area contributed by atoms with Crippen molar-refractivity contribution in [1.82, 2.24) is 0 Å². The van der Waals surface area contributed by atoms with E-state index in [1.807, 2.05) is 31.2 Å². The molecule has 0 bridgehead atoms. The van der Waals surface area contributed by atoms with Crippen molar-refractivity contribution in [2.45, 2.75) is 19.8 Å². The number of hydrogen-bond donors (Lipinski definition) is 0. The molecule has 0 unspecified atom stereocenters. The molecule has 0 aliphatic rings. The Morgan fingerprint density at radius 2 is 1.71 bits per heavy atom. The molecular weight excluding hydrogens is 260 g/mol. The second-order valence-corrected chi connectivity index (χ2v) is 4.82. The summed E-state index contributed by atoms with van der Waals surface area (Å²) in [4.78, 5) is 12.0. The third kappa shape index (κ3) is 4.50. The minimum atomic E-state index is 0.107. The molecule has 2 aromatic carbocycles. The van der Waals surface area contributed by atoms with Gasteiger partial charge in [-0.3, -0.25) is 4.79 Å². The lowest BCUT2D eigenvalue weighted by atomic mass is 10.1. The number of aryl methyl sites for hydroxylation is 1. The van der Waals surface area contributed by atoms with Crippen molar-refractivity contribution in [3.05, 3.63) is 65.2 Å². The van der Waals surface area contributed by atoms with Gasteiger partial charge in [-0.05, 0) is 43.3 Å². The van der Waals surface area contributed by atoms with Gasteiger partial charge in [-0.1, -0.05) is 29.5 Å². The molecule has 0 N–H and O–H groups in total. The molecule has 0 saturated carbocycles. The summed E-state index contributed by atoms with van der Waals surface area (Å²) in [6, 6.07) is 15.2. The number of carbonyl (C=O) groups is 1. The zero-order chi connectivity index (χ0) is 15.1. The molecule has 2 nitrogen and oxygen atoms in total. The van der Waals surface area contributed by atoms with E-state index in [4.69, 9.17) is 4.74 Å². The first kappa shape index (κ1) is 14.9. The smallest absolute Gasteiger partial charge is 0.163 e. The van der Waals surface area contributed by atoms with Crippen LogP contribution in [0.15, 0.2) is 48.5 Å². The Balaban J connectivity index is 1.88. The summed E-state index contributed by atoms with van der Waals surface area (Å²) in [6.45, 7) is 2.05. The molecule has 0 aromatic heterocycles. The quantitative estimate of drug-likeness (QED) is 0.623. The molecule has 0 amide bonds. The van der Waals surface area contributed by atoms with Crippen LogP contribution in [0.3, 0.4) is 0 Å². The van der Waals surface area contributed by atoms with Gasteiger partial charge in [0.15, 0.2) is 5.78 Å². The molecule has 2 heteroatoms. The fraction of sp³-hybridized carbons (Fsp3) is 0.211. The maximum absolute atomic E-state index is 12.0. The van der Waals surface area contributed by atoms with Crippen LogP contribution >= 0.6 is 0 Å². The van der Waals surface area contributed by atoms with Crippen molar-refractivity contribution in [3.8, 4) is 17.6 Å². The molecule has 21 heavy (non-hydrogen) atoms. The summed E-state index contributed by atoms with van der Waals surface area (Å²) in [5.41, 5.74) is 2.90. The second-order valence-electron chi connectivity index (χ2n) is 4.82. The molecule has 0 aliphatic carbocycles. The lowest BCUT2D eigenvalue weighted by molar-refractivity contribution is 0.0984. The highest BCUT2D eigenvalue weighted by molar-refractivity contribution is 5.96. The van der Waals surface area contributed by atoms with Gasteiger partial charge in [-0.25, -0.2) is 0 Å². The summed E-state index contributed by atoms with van der Waals surface area (Å²) in [5, 5.41) is 0. The van der Waals surface area contributed by atoms with Gasteiger partial charge in [-0.15, -0.1) is 0 Å². The minimum Gasteiger partial charge on any atom is -0.497 e. The largest absolute Gasteiger partial charge is 0.497 e. The third-order valence-electron chi connectivity index (χ3n) is 3.17. The molecule has 0 heterocycles. The Hall–Kier alpha value is -2.53. The summed E-state index contributed by atoms with van der Waals surface area (Å²) in [5.74, 6) is 6.99. The standard InChI is InChI=1S/C19H18O2/c1-15-7-9-16(10-8-15)5-3-4-6-19(20)17-11-13-18(21-2)14-12-17/h7-14H,4,6H2,1-2H3. The van der Waals surface area contributed by atoms with Crippen LogP contribution in [-0.2, 0) is 0 Å². The van der Waals surface area contributed by atoms with Gasteiger partial charge < -0.3 is 4.74 Å². The van der Waals surface area contributed by atoms with Gasteiger partial charge in [-0.2, -0.15) is 0 Å². The number of ether oxygens (including phenoxy) is 1. The predicted octanol–water partition coefficient (Wildman–Crippen LogP) is 4.02. The Morgan fingerprint density at radius 3 is 2.33 bits per heavy atom. The Labute approximate surface area is 125 Å². The number of ketones is 1. The van der Waals surface area contributed by atoms with Crippen LogP contribution in [0.5, 0.6) is 5.75 Å². The number of methoxy groups -OCH3 is 1. The number of benzene rings is 2. The van der Waals surface area contributed by atoms with Crippen LogP contribution in [-0.4, -0.2) is 12.9 Å². The summed E-state index contributed by atoms with van der Waals surface area (Å²) in [7, 11) is 1.61. The van der Waals surface area contributed by atoms with E-state index in [2.05, 4.69) is 11.8 Å².